The number of nitrogens with two attached hydrogens (primary N) is 1. The first-order valence-electron chi connectivity index (χ1n) is 6.62. The molecule has 0 saturated heterocycles. The van der Waals surface area contributed by atoms with E-state index in [1.54, 1.807) is 18.2 Å². The lowest BCUT2D eigenvalue weighted by molar-refractivity contribution is 0.373. The van der Waals surface area contributed by atoms with Gasteiger partial charge in [0.2, 0.25) is 5.95 Å². The highest BCUT2D eigenvalue weighted by Gasteiger charge is 2.14. The number of benzene rings is 2. The first-order chi connectivity index (χ1) is 10.7. The Morgan fingerprint density at radius 3 is 2.45 bits per heavy atom. The summed E-state index contributed by atoms with van der Waals surface area (Å²) >= 11 is 0. The molecule has 0 bridgehead atoms. The van der Waals surface area contributed by atoms with Crippen molar-refractivity contribution in [2.45, 2.75) is 0 Å². The number of rotatable bonds is 3. The van der Waals surface area contributed by atoms with Gasteiger partial charge in [0.1, 0.15) is 11.4 Å². The molecule has 1 aromatic heterocycles. The van der Waals surface area contributed by atoms with Gasteiger partial charge in [-0.05, 0) is 18.2 Å². The van der Waals surface area contributed by atoms with E-state index in [1.165, 1.54) is 7.11 Å². The minimum atomic E-state index is 0.0591. The summed E-state index contributed by atoms with van der Waals surface area (Å²) < 4.78 is 5.13. The molecular formula is C16H14N4O2. The highest BCUT2D eigenvalue weighted by Crippen LogP contribution is 2.34. The zero-order valence-corrected chi connectivity index (χ0v) is 11.9. The number of anilines is 1. The Morgan fingerprint density at radius 2 is 1.73 bits per heavy atom. The van der Waals surface area contributed by atoms with E-state index < -0.39 is 0 Å². The van der Waals surface area contributed by atoms with E-state index in [1.807, 2.05) is 30.3 Å². The minimum Gasteiger partial charge on any atom is -0.504 e. The van der Waals surface area contributed by atoms with Crippen LogP contribution in [0.2, 0.25) is 0 Å². The van der Waals surface area contributed by atoms with Crippen LogP contribution in [0.4, 0.5) is 5.95 Å². The first kappa shape index (κ1) is 13.8. The number of aromatic hydroxyl groups is 1. The maximum absolute atomic E-state index is 9.72. The van der Waals surface area contributed by atoms with E-state index in [0.717, 1.165) is 11.1 Å². The van der Waals surface area contributed by atoms with Crippen molar-refractivity contribution in [3.05, 3.63) is 48.5 Å². The van der Waals surface area contributed by atoms with Crippen LogP contribution in [0.3, 0.4) is 0 Å². The number of hydrogen-bond acceptors (Lipinski definition) is 6. The third kappa shape index (κ3) is 2.54. The normalized spacial score (nSPS) is 10.4. The summed E-state index contributed by atoms with van der Waals surface area (Å²) in [5.74, 6) is 0.521. The Balaban J connectivity index is 2.19. The number of phenolic OH excluding ortho intramolecular Hbond substituents is 1. The van der Waals surface area contributed by atoms with Gasteiger partial charge in [0.05, 0.1) is 7.11 Å². The van der Waals surface area contributed by atoms with Crippen LogP contribution in [0.25, 0.3) is 22.5 Å². The van der Waals surface area contributed by atoms with Gasteiger partial charge in [0.15, 0.2) is 11.5 Å². The lowest BCUT2D eigenvalue weighted by atomic mass is 10.0. The van der Waals surface area contributed by atoms with Crippen LogP contribution in [-0.2, 0) is 0 Å². The van der Waals surface area contributed by atoms with Gasteiger partial charge in [0, 0.05) is 11.1 Å². The van der Waals surface area contributed by atoms with Crippen molar-refractivity contribution in [2.75, 3.05) is 12.8 Å². The van der Waals surface area contributed by atoms with E-state index in [-0.39, 0.29) is 11.7 Å². The maximum atomic E-state index is 9.72. The van der Waals surface area contributed by atoms with Crippen molar-refractivity contribution in [1.82, 2.24) is 15.2 Å². The lowest BCUT2D eigenvalue weighted by Crippen LogP contribution is -2.02. The predicted octanol–water partition coefficient (Wildman–Crippen LogP) is 2.50. The molecule has 0 amide bonds. The van der Waals surface area contributed by atoms with Crippen LogP contribution in [0.1, 0.15) is 0 Å². The number of nitrogen functional groups attached to an aromatic ring is 1. The molecule has 3 N–H and O–H groups in total. The molecule has 0 unspecified atom stereocenters. The molecule has 0 aliphatic carbocycles. The Morgan fingerprint density at radius 1 is 0.955 bits per heavy atom. The zero-order chi connectivity index (χ0) is 15.5. The SMILES string of the molecule is COc1cc(-c2nnc(N)nc2-c2ccccc2)ccc1O. The summed E-state index contributed by atoms with van der Waals surface area (Å²) in [6.07, 6.45) is 0. The fourth-order valence-electron chi connectivity index (χ4n) is 2.16. The van der Waals surface area contributed by atoms with Crippen molar-refractivity contribution in [3.63, 3.8) is 0 Å². The number of hydrogen-bond donors (Lipinski definition) is 2. The molecular weight excluding hydrogens is 280 g/mol. The summed E-state index contributed by atoms with van der Waals surface area (Å²) in [6.45, 7) is 0. The molecule has 0 fully saturated rings. The number of nitrogens with zero attached hydrogens (tertiary/aromatic N) is 3. The standard InChI is InChI=1S/C16H14N4O2/c1-22-13-9-11(7-8-12(13)21)15-14(18-16(17)20-19-15)10-5-3-2-4-6-10/h2-9,21H,1H3,(H2,17,18,20). The van der Waals surface area contributed by atoms with E-state index in [2.05, 4.69) is 15.2 Å². The summed E-state index contributed by atoms with van der Waals surface area (Å²) in [6, 6.07) is 14.5. The Hall–Kier alpha value is -3.15. The van der Waals surface area contributed by atoms with Crippen LogP contribution >= 0.6 is 0 Å². The second-order valence-electron chi connectivity index (χ2n) is 4.62. The van der Waals surface area contributed by atoms with Crippen LogP contribution in [0, 0.1) is 0 Å². The largest absolute Gasteiger partial charge is 0.504 e. The van der Waals surface area contributed by atoms with Crippen molar-refractivity contribution in [1.29, 1.82) is 0 Å². The average molecular weight is 294 g/mol. The molecule has 0 radical (unpaired) electrons. The molecule has 22 heavy (non-hydrogen) atoms. The minimum absolute atomic E-state index is 0.0591. The second-order valence-corrected chi connectivity index (χ2v) is 4.62. The molecule has 3 aromatic rings. The Labute approximate surface area is 127 Å². The van der Waals surface area contributed by atoms with Gasteiger partial charge < -0.3 is 15.6 Å². The Bertz CT molecular complexity index is 806. The molecule has 3 rings (SSSR count). The van der Waals surface area contributed by atoms with E-state index >= 15 is 0 Å². The second kappa shape index (κ2) is 5.69. The zero-order valence-electron chi connectivity index (χ0n) is 11.9. The van der Waals surface area contributed by atoms with Gasteiger partial charge in [-0.25, -0.2) is 4.98 Å². The predicted molar refractivity (Wildman–Crippen MR) is 83.3 cm³/mol. The smallest absolute Gasteiger partial charge is 0.240 e. The van der Waals surface area contributed by atoms with Gasteiger partial charge in [-0.1, -0.05) is 30.3 Å². The summed E-state index contributed by atoms with van der Waals surface area (Å²) in [5.41, 5.74) is 8.48. The fourth-order valence-corrected chi connectivity index (χ4v) is 2.16. The Kier molecular flexibility index (Phi) is 3.57. The van der Waals surface area contributed by atoms with E-state index in [9.17, 15) is 5.11 Å². The van der Waals surface area contributed by atoms with Crippen LogP contribution in [-0.4, -0.2) is 27.4 Å². The number of methoxy groups -OCH3 is 1. The molecule has 1 heterocycles. The van der Waals surface area contributed by atoms with Gasteiger partial charge in [-0.3, -0.25) is 0 Å². The summed E-state index contributed by atoms with van der Waals surface area (Å²) in [7, 11) is 1.49. The van der Waals surface area contributed by atoms with Gasteiger partial charge in [-0.15, -0.1) is 10.2 Å². The van der Waals surface area contributed by atoms with Crippen molar-refractivity contribution in [2.24, 2.45) is 0 Å². The highest BCUT2D eigenvalue weighted by molar-refractivity contribution is 5.79. The number of ether oxygens (including phenoxy) is 1. The van der Waals surface area contributed by atoms with Crippen LogP contribution in [0.5, 0.6) is 11.5 Å². The van der Waals surface area contributed by atoms with E-state index in [0.29, 0.717) is 17.1 Å². The molecule has 6 heteroatoms. The quantitative estimate of drug-likeness (QED) is 0.770. The van der Waals surface area contributed by atoms with Crippen LogP contribution in [0.15, 0.2) is 48.5 Å². The van der Waals surface area contributed by atoms with Crippen molar-refractivity contribution in [3.8, 4) is 34.0 Å². The van der Waals surface area contributed by atoms with Crippen molar-refractivity contribution < 1.29 is 9.84 Å². The topological polar surface area (TPSA) is 94.2 Å². The lowest BCUT2D eigenvalue weighted by Gasteiger charge is -2.10. The molecule has 0 spiro atoms. The first-order valence-corrected chi connectivity index (χ1v) is 6.62. The maximum Gasteiger partial charge on any atom is 0.240 e. The fraction of sp³-hybridized carbons (Fsp3) is 0.0625. The number of aromatic nitrogens is 3. The van der Waals surface area contributed by atoms with Gasteiger partial charge >= 0.3 is 0 Å². The molecule has 0 atom stereocenters. The molecule has 110 valence electrons. The van der Waals surface area contributed by atoms with Crippen molar-refractivity contribution >= 4 is 5.95 Å². The molecule has 0 aliphatic rings. The third-order valence-electron chi connectivity index (χ3n) is 3.20. The third-order valence-corrected chi connectivity index (χ3v) is 3.20. The molecule has 6 nitrogen and oxygen atoms in total. The summed E-state index contributed by atoms with van der Waals surface area (Å²) in [5, 5.41) is 17.7. The highest BCUT2D eigenvalue weighted by atomic mass is 16.5. The molecule has 2 aromatic carbocycles. The molecule has 0 saturated carbocycles. The van der Waals surface area contributed by atoms with Crippen LogP contribution < -0.4 is 10.5 Å². The van der Waals surface area contributed by atoms with E-state index in [4.69, 9.17) is 10.5 Å². The van der Waals surface area contributed by atoms with Gasteiger partial charge in [-0.2, -0.15) is 0 Å². The number of phenols is 1. The van der Waals surface area contributed by atoms with Gasteiger partial charge in [0.25, 0.3) is 0 Å². The average Bonchev–Trinajstić information content (AvgIpc) is 2.56. The monoisotopic (exact) mass is 294 g/mol. The summed E-state index contributed by atoms with van der Waals surface area (Å²) in [4.78, 5) is 4.30. The molecule has 0 aliphatic heterocycles.